The summed E-state index contributed by atoms with van der Waals surface area (Å²) in [7, 11) is 0. The van der Waals surface area contributed by atoms with Crippen molar-refractivity contribution in [1.82, 2.24) is 15.8 Å². The van der Waals surface area contributed by atoms with E-state index in [0.29, 0.717) is 13.0 Å². The van der Waals surface area contributed by atoms with Crippen LogP contribution in [0.25, 0.3) is 6.08 Å². The lowest BCUT2D eigenvalue weighted by atomic mass is 10.1. The van der Waals surface area contributed by atoms with Crippen molar-refractivity contribution >= 4 is 23.8 Å². The lowest BCUT2D eigenvalue weighted by Crippen LogP contribution is -2.47. The minimum atomic E-state index is -0.424. The van der Waals surface area contributed by atoms with Crippen molar-refractivity contribution in [3.63, 3.8) is 0 Å². The van der Waals surface area contributed by atoms with Gasteiger partial charge in [0.2, 0.25) is 5.91 Å². The van der Waals surface area contributed by atoms with E-state index in [1.165, 1.54) is 11.0 Å². The Morgan fingerprint density at radius 2 is 2.04 bits per heavy atom. The fraction of sp³-hybridized carbons (Fsp3) is 0.389. The van der Waals surface area contributed by atoms with Crippen molar-refractivity contribution in [3.8, 4) is 0 Å². The molecule has 1 fully saturated rings. The zero-order valence-corrected chi connectivity index (χ0v) is 13.9. The predicted molar refractivity (Wildman–Crippen MR) is 91.5 cm³/mol. The maximum atomic E-state index is 11.8. The van der Waals surface area contributed by atoms with Crippen LogP contribution in [0.2, 0.25) is 0 Å². The first-order valence-electron chi connectivity index (χ1n) is 8.16. The number of hydrazine groups is 1. The van der Waals surface area contributed by atoms with Crippen LogP contribution in [0.3, 0.4) is 0 Å². The normalized spacial score (nSPS) is 15.2. The third-order valence-electron chi connectivity index (χ3n) is 3.80. The third-order valence-corrected chi connectivity index (χ3v) is 3.80. The average Bonchev–Trinajstić information content (AvgIpc) is 2.76. The molecule has 1 saturated heterocycles. The van der Waals surface area contributed by atoms with E-state index in [2.05, 4.69) is 10.9 Å². The maximum absolute atomic E-state index is 11.8. The number of amides is 3. The lowest BCUT2D eigenvalue weighted by Gasteiger charge is -2.19. The highest BCUT2D eigenvalue weighted by Crippen LogP contribution is 2.10. The van der Waals surface area contributed by atoms with E-state index < -0.39 is 11.8 Å². The SMILES string of the molecule is Cc1cccc(/C=C/C(=O)NNC(=O)CN2CCCCCC2=O)c1. The molecular formula is C18H23N3O3. The van der Waals surface area contributed by atoms with E-state index in [0.717, 1.165) is 30.4 Å². The molecule has 3 amide bonds. The summed E-state index contributed by atoms with van der Waals surface area (Å²) in [5.41, 5.74) is 6.67. The molecule has 1 heterocycles. The molecule has 0 unspecified atom stereocenters. The number of benzene rings is 1. The molecule has 1 aliphatic rings. The van der Waals surface area contributed by atoms with Crippen LogP contribution in [0.15, 0.2) is 30.3 Å². The molecule has 24 heavy (non-hydrogen) atoms. The van der Waals surface area contributed by atoms with Crippen LogP contribution < -0.4 is 10.9 Å². The van der Waals surface area contributed by atoms with Gasteiger partial charge < -0.3 is 4.90 Å². The molecule has 2 rings (SSSR count). The molecule has 0 radical (unpaired) electrons. The van der Waals surface area contributed by atoms with Crippen molar-refractivity contribution in [2.75, 3.05) is 13.1 Å². The number of hydrogen-bond acceptors (Lipinski definition) is 3. The van der Waals surface area contributed by atoms with Gasteiger partial charge in [-0.15, -0.1) is 0 Å². The zero-order chi connectivity index (χ0) is 17.4. The molecule has 0 aliphatic carbocycles. The summed E-state index contributed by atoms with van der Waals surface area (Å²) < 4.78 is 0. The van der Waals surface area contributed by atoms with Crippen molar-refractivity contribution in [1.29, 1.82) is 0 Å². The van der Waals surface area contributed by atoms with Gasteiger partial charge in [0.05, 0.1) is 0 Å². The Kier molecular flexibility index (Phi) is 6.54. The van der Waals surface area contributed by atoms with Crippen molar-refractivity contribution < 1.29 is 14.4 Å². The molecule has 6 heteroatoms. The first kappa shape index (κ1) is 17.7. The van der Waals surface area contributed by atoms with Crippen molar-refractivity contribution in [3.05, 3.63) is 41.5 Å². The molecule has 0 saturated carbocycles. The molecule has 128 valence electrons. The fourth-order valence-electron chi connectivity index (χ4n) is 2.54. The summed E-state index contributed by atoms with van der Waals surface area (Å²) in [5, 5.41) is 0. The average molecular weight is 329 g/mol. The molecule has 1 aromatic rings. The number of likely N-dealkylation sites (tertiary alicyclic amines) is 1. The molecule has 6 nitrogen and oxygen atoms in total. The molecule has 2 N–H and O–H groups in total. The van der Waals surface area contributed by atoms with Gasteiger partial charge in [-0.2, -0.15) is 0 Å². The standard InChI is InChI=1S/C18H23N3O3/c1-14-6-5-7-15(12-14)9-10-16(22)19-20-17(23)13-21-11-4-2-3-8-18(21)24/h5-7,9-10,12H,2-4,8,11,13H2,1H3,(H,19,22)(H,20,23)/b10-9+. The van der Waals surface area contributed by atoms with Crippen LogP contribution in [-0.4, -0.2) is 35.7 Å². The number of carbonyl (C=O) groups is 3. The summed E-state index contributed by atoms with van der Waals surface area (Å²) in [6.07, 6.45) is 6.30. The van der Waals surface area contributed by atoms with Gasteiger partial charge in [-0.05, 0) is 31.4 Å². The summed E-state index contributed by atoms with van der Waals surface area (Å²) in [6.45, 7) is 2.54. The predicted octanol–water partition coefficient (Wildman–Crippen LogP) is 1.56. The lowest BCUT2D eigenvalue weighted by molar-refractivity contribution is -0.136. The van der Waals surface area contributed by atoms with Crippen LogP contribution >= 0.6 is 0 Å². The van der Waals surface area contributed by atoms with Crippen molar-refractivity contribution in [2.24, 2.45) is 0 Å². The van der Waals surface area contributed by atoms with E-state index >= 15 is 0 Å². The Morgan fingerprint density at radius 3 is 2.83 bits per heavy atom. The summed E-state index contributed by atoms with van der Waals surface area (Å²) >= 11 is 0. The number of carbonyl (C=O) groups excluding carboxylic acids is 3. The quantitative estimate of drug-likeness (QED) is 0.650. The molecule has 0 spiro atoms. The van der Waals surface area contributed by atoms with Gasteiger partial charge in [-0.1, -0.05) is 36.2 Å². The Bertz CT molecular complexity index is 640. The highest BCUT2D eigenvalue weighted by atomic mass is 16.2. The van der Waals surface area contributed by atoms with E-state index in [4.69, 9.17) is 0 Å². The van der Waals surface area contributed by atoms with Gasteiger partial charge in [0, 0.05) is 19.0 Å². The van der Waals surface area contributed by atoms with Gasteiger partial charge in [-0.3, -0.25) is 25.2 Å². The number of nitrogens with zero attached hydrogens (tertiary/aromatic N) is 1. The van der Waals surface area contributed by atoms with Gasteiger partial charge in [0.1, 0.15) is 6.54 Å². The minimum absolute atomic E-state index is 0.00619. The second-order valence-electron chi connectivity index (χ2n) is 5.91. The van der Waals surface area contributed by atoms with Gasteiger partial charge in [-0.25, -0.2) is 0 Å². The summed E-state index contributed by atoms with van der Waals surface area (Å²) in [5.74, 6) is -0.831. The first-order valence-corrected chi connectivity index (χ1v) is 8.16. The summed E-state index contributed by atoms with van der Waals surface area (Å²) in [6, 6.07) is 7.72. The number of hydrogen-bond donors (Lipinski definition) is 2. The molecule has 0 bridgehead atoms. The van der Waals surface area contributed by atoms with Crippen LogP contribution in [-0.2, 0) is 14.4 Å². The third kappa shape index (κ3) is 5.87. The fourth-order valence-corrected chi connectivity index (χ4v) is 2.54. The van der Waals surface area contributed by atoms with Crippen LogP contribution in [0.5, 0.6) is 0 Å². The Morgan fingerprint density at radius 1 is 1.21 bits per heavy atom. The topological polar surface area (TPSA) is 78.5 Å². The molecular weight excluding hydrogens is 306 g/mol. The van der Waals surface area contributed by atoms with Gasteiger partial charge in [0.15, 0.2) is 0 Å². The monoisotopic (exact) mass is 329 g/mol. The van der Waals surface area contributed by atoms with Gasteiger partial charge >= 0.3 is 0 Å². The highest BCUT2D eigenvalue weighted by Gasteiger charge is 2.19. The molecule has 1 aliphatic heterocycles. The summed E-state index contributed by atoms with van der Waals surface area (Å²) in [4.78, 5) is 36.9. The Hall–Kier alpha value is -2.63. The van der Waals surface area contributed by atoms with E-state index in [1.807, 2.05) is 31.2 Å². The van der Waals surface area contributed by atoms with E-state index in [-0.39, 0.29) is 12.5 Å². The number of aryl methyl sites for hydroxylation is 1. The van der Waals surface area contributed by atoms with Crippen LogP contribution in [0.4, 0.5) is 0 Å². The molecule has 0 atom stereocenters. The second kappa shape index (κ2) is 8.86. The highest BCUT2D eigenvalue weighted by molar-refractivity contribution is 5.93. The van der Waals surface area contributed by atoms with Crippen LogP contribution in [0.1, 0.15) is 36.8 Å². The van der Waals surface area contributed by atoms with Crippen LogP contribution in [0, 0.1) is 6.92 Å². The largest absolute Gasteiger partial charge is 0.333 e. The number of rotatable bonds is 4. The zero-order valence-electron chi connectivity index (χ0n) is 13.9. The molecule has 0 aromatic heterocycles. The van der Waals surface area contributed by atoms with Crippen molar-refractivity contribution in [2.45, 2.75) is 32.6 Å². The van der Waals surface area contributed by atoms with Gasteiger partial charge in [0.25, 0.3) is 11.8 Å². The maximum Gasteiger partial charge on any atom is 0.262 e. The second-order valence-corrected chi connectivity index (χ2v) is 5.91. The Balaban J connectivity index is 1.76. The smallest absolute Gasteiger partial charge is 0.262 e. The van der Waals surface area contributed by atoms with E-state index in [9.17, 15) is 14.4 Å². The Labute approximate surface area is 141 Å². The molecule has 1 aromatic carbocycles. The number of nitrogens with one attached hydrogen (secondary N) is 2. The van der Waals surface area contributed by atoms with E-state index in [1.54, 1.807) is 6.08 Å². The first-order chi connectivity index (χ1) is 11.5. The minimum Gasteiger partial charge on any atom is -0.333 e.